The van der Waals surface area contributed by atoms with E-state index < -0.39 is 0 Å². The zero-order valence-electron chi connectivity index (χ0n) is 16.2. The van der Waals surface area contributed by atoms with Crippen LogP contribution < -0.4 is 5.32 Å². The maximum atomic E-state index is 11.2. The molecular formula is C21H26N6O. The maximum absolute atomic E-state index is 11.2. The van der Waals surface area contributed by atoms with Gasteiger partial charge in [0.15, 0.2) is 5.65 Å². The topological polar surface area (TPSA) is 75.9 Å². The fraction of sp³-hybridized carbons (Fsp3) is 0.429. The molecule has 0 radical (unpaired) electrons. The van der Waals surface area contributed by atoms with Gasteiger partial charge in [-0.2, -0.15) is 5.10 Å². The SMILES string of the molecule is CC(=O)NCCn1nc(C2CCCN(Cc3cccnc3)C2)c2cccnc21. The third-order valence-corrected chi connectivity index (χ3v) is 5.25. The van der Waals surface area contributed by atoms with Crippen LogP contribution in [0.25, 0.3) is 11.0 Å². The first-order chi connectivity index (χ1) is 13.7. The predicted octanol–water partition coefficient (Wildman–Crippen LogP) is 2.34. The van der Waals surface area contributed by atoms with Crippen molar-refractivity contribution in [3.05, 3.63) is 54.1 Å². The molecule has 4 heterocycles. The van der Waals surface area contributed by atoms with Gasteiger partial charge in [-0.25, -0.2) is 9.67 Å². The zero-order chi connectivity index (χ0) is 19.3. The van der Waals surface area contributed by atoms with Crippen LogP contribution in [0.3, 0.4) is 0 Å². The molecule has 3 aromatic heterocycles. The number of rotatable bonds is 6. The first kappa shape index (κ1) is 18.6. The van der Waals surface area contributed by atoms with Crippen molar-refractivity contribution in [1.29, 1.82) is 0 Å². The Balaban J connectivity index is 1.53. The molecule has 146 valence electrons. The first-order valence-electron chi connectivity index (χ1n) is 9.88. The minimum absolute atomic E-state index is 0.0250. The highest BCUT2D eigenvalue weighted by atomic mass is 16.1. The average Bonchev–Trinajstić information content (AvgIpc) is 3.08. The third kappa shape index (κ3) is 4.20. The Morgan fingerprint density at radius 2 is 2.18 bits per heavy atom. The Morgan fingerprint density at radius 1 is 1.29 bits per heavy atom. The van der Waals surface area contributed by atoms with Crippen molar-refractivity contribution < 1.29 is 4.79 Å². The number of carbonyl (C=O) groups is 1. The molecule has 1 fully saturated rings. The third-order valence-electron chi connectivity index (χ3n) is 5.25. The molecule has 0 spiro atoms. The molecule has 0 aliphatic carbocycles. The van der Waals surface area contributed by atoms with Gasteiger partial charge in [0.2, 0.25) is 5.91 Å². The monoisotopic (exact) mass is 378 g/mol. The summed E-state index contributed by atoms with van der Waals surface area (Å²) >= 11 is 0. The van der Waals surface area contributed by atoms with Gasteiger partial charge in [-0.05, 0) is 43.1 Å². The summed E-state index contributed by atoms with van der Waals surface area (Å²) in [6.07, 6.45) is 7.86. The summed E-state index contributed by atoms with van der Waals surface area (Å²) in [6, 6.07) is 8.21. The van der Waals surface area contributed by atoms with E-state index in [-0.39, 0.29) is 5.91 Å². The fourth-order valence-electron chi connectivity index (χ4n) is 4.00. The lowest BCUT2D eigenvalue weighted by Crippen LogP contribution is -2.34. The van der Waals surface area contributed by atoms with E-state index in [2.05, 4.69) is 32.3 Å². The van der Waals surface area contributed by atoms with Crippen molar-refractivity contribution in [2.75, 3.05) is 19.6 Å². The molecule has 1 amide bonds. The molecule has 1 atom stereocenters. The summed E-state index contributed by atoms with van der Waals surface area (Å²) in [6.45, 7) is 5.72. The molecule has 1 aliphatic rings. The first-order valence-corrected chi connectivity index (χ1v) is 9.88. The van der Waals surface area contributed by atoms with E-state index in [1.807, 2.05) is 29.2 Å². The van der Waals surface area contributed by atoms with Gasteiger partial charge in [0, 0.05) is 56.5 Å². The molecule has 1 saturated heterocycles. The number of nitrogens with zero attached hydrogens (tertiary/aromatic N) is 5. The molecular weight excluding hydrogens is 352 g/mol. The van der Waals surface area contributed by atoms with Crippen LogP contribution in [0.4, 0.5) is 0 Å². The Kier molecular flexibility index (Phi) is 5.62. The van der Waals surface area contributed by atoms with Crippen LogP contribution in [-0.4, -0.2) is 50.2 Å². The zero-order valence-corrected chi connectivity index (χ0v) is 16.2. The molecule has 0 aromatic carbocycles. The molecule has 7 heteroatoms. The summed E-state index contributed by atoms with van der Waals surface area (Å²) in [5.74, 6) is 0.363. The smallest absolute Gasteiger partial charge is 0.216 e. The lowest BCUT2D eigenvalue weighted by Gasteiger charge is -2.32. The molecule has 1 aliphatic heterocycles. The van der Waals surface area contributed by atoms with E-state index in [1.165, 1.54) is 12.5 Å². The summed E-state index contributed by atoms with van der Waals surface area (Å²) < 4.78 is 1.93. The van der Waals surface area contributed by atoms with Crippen molar-refractivity contribution in [1.82, 2.24) is 30.0 Å². The number of fused-ring (bicyclic) bond motifs is 1. The van der Waals surface area contributed by atoms with E-state index in [1.54, 1.807) is 6.20 Å². The Bertz CT molecular complexity index is 938. The average molecular weight is 378 g/mol. The van der Waals surface area contributed by atoms with Gasteiger partial charge in [-0.3, -0.25) is 14.7 Å². The number of hydrogen-bond acceptors (Lipinski definition) is 5. The van der Waals surface area contributed by atoms with E-state index in [4.69, 9.17) is 5.10 Å². The largest absolute Gasteiger partial charge is 0.354 e. The van der Waals surface area contributed by atoms with Gasteiger partial charge in [-0.15, -0.1) is 0 Å². The second-order valence-corrected chi connectivity index (χ2v) is 7.40. The van der Waals surface area contributed by atoms with Crippen LogP contribution in [0.15, 0.2) is 42.9 Å². The highest BCUT2D eigenvalue weighted by molar-refractivity contribution is 5.79. The predicted molar refractivity (Wildman–Crippen MR) is 108 cm³/mol. The number of piperidine rings is 1. The van der Waals surface area contributed by atoms with Crippen LogP contribution in [0.1, 0.15) is 36.9 Å². The van der Waals surface area contributed by atoms with E-state index in [9.17, 15) is 4.79 Å². The molecule has 28 heavy (non-hydrogen) atoms. The van der Waals surface area contributed by atoms with Crippen molar-refractivity contribution in [3.63, 3.8) is 0 Å². The van der Waals surface area contributed by atoms with Crippen LogP contribution in [0.2, 0.25) is 0 Å². The van der Waals surface area contributed by atoms with E-state index in [0.29, 0.717) is 19.0 Å². The Morgan fingerprint density at radius 3 is 3.00 bits per heavy atom. The molecule has 1 N–H and O–H groups in total. The van der Waals surface area contributed by atoms with Crippen LogP contribution in [-0.2, 0) is 17.9 Å². The van der Waals surface area contributed by atoms with Crippen molar-refractivity contribution >= 4 is 16.9 Å². The molecule has 7 nitrogen and oxygen atoms in total. The highest BCUT2D eigenvalue weighted by Gasteiger charge is 2.26. The lowest BCUT2D eigenvalue weighted by molar-refractivity contribution is -0.118. The van der Waals surface area contributed by atoms with Gasteiger partial charge >= 0.3 is 0 Å². The molecule has 3 aromatic rings. The second-order valence-electron chi connectivity index (χ2n) is 7.40. The van der Waals surface area contributed by atoms with Crippen LogP contribution in [0.5, 0.6) is 0 Å². The minimum Gasteiger partial charge on any atom is -0.354 e. The maximum Gasteiger partial charge on any atom is 0.216 e. The standard InChI is InChI=1S/C21H26N6O/c1-16(28)23-10-12-27-21-19(7-3-9-24-21)20(25-27)18-6-4-11-26(15-18)14-17-5-2-8-22-13-17/h2-3,5,7-9,13,18H,4,6,10-12,14-15H2,1H3,(H,23,28). The van der Waals surface area contributed by atoms with Crippen LogP contribution >= 0.6 is 0 Å². The van der Waals surface area contributed by atoms with Crippen molar-refractivity contribution in [2.45, 2.75) is 38.8 Å². The number of likely N-dealkylation sites (tertiary alicyclic amines) is 1. The number of amides is 1. The summed E-state index contributed by atoms with van der Waals surface area (Å²) in [7, 11) is 0. The van der Waals surface area contributed by atoms with Gasteiger partial charge in [0.1, 0.15) is 0 Å². The minimum atomic E-state index is -0.0250. The summed E-state index contributed by atoms with van der Waals surface area (Å²) in [5, 5.41) is 8.88. The number of nitrogens with one attached hydrogen (secondary N) is 1. The quantitative estimate of drug-likeness (QED) is 0.713. The molecule has 0 saturated carbocycles. The van der Waals surface area contributed by atoms with Crippen molar-refractivity contribution in [2.24, 2.45) is 0 Å². The van der Waals surface area contributed by atoms with Gasteiger partial charge < -0.3 is 5.32 Å². The van der Waals surface area contributed by atoms with Gasteiger partial charge in [0.25, 0.3) is 0 Å². The van der Waals surface area contributed by atoms with Gasteiger partial charge in [-0.1, -0.05) is 6.07 Å². The number of hydrogen-bond donors (Lipinski definition) is 1. The molecule has 0 bridgehead atoms. The Hall–Kier alpha value is -2.80. The molecule has 1 unspecified atom stereocenters. The second kappa shape index (κ2) is 8.48. The highest BCUT2D eigenvalue weighted by Crippen LogP contribution is 2.31. The van der Waals surface area contributed by atoms with Crippen LogP contribution in [0, 0.1) is 0 Å². The summed E-state index contributed by atoms with van der Waals surface area (Å²) in [5.41, 5.74) is 3.27. The van der Waals surface area contributed by atoms with Crippen molar-refractivity contribution in [3.8, 4) is 0 Å². The number of pyridine rings is 2. The molecule has 4 rings (SSSR count). The van der Waals surface area contributed by atoms with Gasteiger partial charge in [0.05, 0.1) is 12.2 Å². The fourth-order valence-corrected chi connectivity index (χ4v) is 4.00. The Labute approximate surface area is 164 Å². The number of aromatic nitrogens is 4. The lowest BCUT2D eigenvalue weighted by atomic mass is 9.93. The normalized spacial score (nSPS) is 17.7. The van der Waals surface area contributed by atoms with E-state index in [0.717, 1.165) is 49.2 Å². The van der Waals surface area contributed by atoms with E-state index >= 15 is 0 Å². The number of carbonyl (C=O) groups excluding carboxylic acids is 1. The summed E-state index contributed by atoms with van der Waals surface area (Å²) in [4.78, 5) is 22.4.